The fourth-order valence-electron chi connectivity index (χ4n) is 2.81. The lowest BCUT2D eigenvalue weighted by molar-refractivity contribution is 0.0997. The summed E-state index contributed by atoms with van der Waals surface area (Å²) < 4.78 is 51.6. The zero-order valence-electron chi connectivity index (χ0n) is 17.1. The summed E-state index contributed by atoms with van der Waals surface area (Å²) >= 11 is 1.19. The number of fused-ring (bicyclic) bond motifs is 1. The lowest BCUT2D eigenvalue weighted by atomic mass is 10.2. The highest BCUT2D eigenvalue weighted by Crippen LogP contribution is 2.22. The number of amides is 1. The van der Waals surface area contributed by atoms with Gasteiger partial charge in [-0.25, -0.2) is 21.1 Å². The molecular weight excluding hydrogens is 458 g/mol. The maximum Gasteiger partial charge on any atom is 0.279 e. The van der Waals surface area contributed by atoms with Gasteiger partial charge in [-0.3, -0.25) is 4.79 Å². The first-order chi connectivity index (χ1) is 14.4. The van der Waals surface area contributed by atoms with Gasteiger partial charge in [0.2, 0.25) is 10.0 Å². The van der Waals surface area contributed by atoms with Gasteiger partial charge in [-0.1, -0.05) is 17.4 Å². The van der Waals surface area contributed by atoms with Crippen LogP contribution in [-0.2, 0) is 26.4 Å². The minimum absolute atomic E-state index is 0.0749. The Balaban J connectivity index is 2.07. The molecule has 0 aliphatic heterocycles. The van der Waals surface area contributed by atoms with Crippen molar-refractivity contribution in [3.63, 3.8) is 0 Å². The number of benzene rings is 2. The lowest BCUT2D eigenvalue weighted by Gasteiger charge is -2.11. The van der Waals surface area contributed by atoms with Crippen LogP contribution < -0.4 is 4.80 Å². The number of thiazole rings is 1. The summed E-state index contributed by atoms with van der Waals surface area (Å²) in [5.41, 5.74) is 0.966. The standard InChI is InChI=1S/C20H21N3O5S3/c1-5-12-23-17-11-10-16(30(4,25)26)13-18(17)29-20(23)21-19(24)14-6-8-15(9-7-14)31(27,28)22(2)3/h5-11,13H,1,12H2,2-4H3. The van der Waals surface area contributed by atoms with E-state index >= 15 is 0 Å². The number of hydrogen-bond acceptors (Lipinski definition) is 6. The molecule has 11 heteroatoms. The quantitative estimate of drug-likeness (QED) is 0.504. The van der Waals surface area contributed by atoms with E-state index in [0.717, 1.165) is 16.1 Å². The molecule has 31 heavy (non-hydrogen) atoms. The molecule has 0 atom stereocenters. The predicted molar refractivity (Wildman–Crippen MR) is 120 cm³/mol. The molecule has 0 aliphatic carbocycles. The summed E-state index contributed by atoms with van der Waals surface area (Å²) in [5, 5.41) is 0. The largest absolute Gasteiger partial charge is 0.312 e. The third-order valence-electron chi connectivity index (χ3n) is 4.47. The molecule has 164 valence electrons. The summed E-state index contributed by atoms with van der Waals surface area (Å²) in [6.07, 6.45) is 2.79. The molecule has 0 radical (unpaired) electrons. The fraction of sp³-hybridized carbons (Fsp3) is 0.200. The summed E-state index contributed by atoms with van der Waals surface area (Å²) in [6.45, 7) is 4.10. The molecule has 0 spiro atoms. The van der Waals surface area contributed by atoms with Crippen LogP contribution in [0.3, 0.4) is 0 Å². The number of nitrogens with zero attached hydrogens (tertiary/aromatic N) is 3. The van der Waals surface area contributed by atoms with E-state index in [1.807, 2.05) is 0 Å². The second-order valence-electron chi connectivity index (χ2n) is 6.91. The van der Waals surface area contributed by atoms with E-state index in [0.29, 0.717) is 16.0 Å². The molecule has 3 rings (SSSR count). The molecule has 3 aromatic rings. The molecule has 1 amide bonds. The van der Waals surface area contributed by atoms with Crippen molar-refractivity contribution in [2.24, 2.45) is 4.99 Å². The van der Waals surface area contributed by atoms with Gasteiger partial charge in [-0.05, 0) is 42.5 Å². The monoisotopic (exact) mass is 479 g/mol. The van der Waals surface area contributed by atoms with Crippen molar-refractivity contribution in [3.05, 3.63) is 65.5 Å². The van der Waals surface area contributed by atoms with E-state index in [-0.39, 0.29) is 15.4 Å². The summed E-state index contributed by atoms with van der Waals surface area (Å²) in [4.78, 5) is 17.5. The van der Waals surface area contributed by atoms with Crippen molar-refractivity contribution in [2.45, 2.75) is 16.3 Å². The van der Waals surface area contributed by atoms with Crippen LogP contribution >= 0.6 is 11.3 Å². The summed E-state index contributed by atoms with van der Waals surface area (Å²) in [6, 6.07) is 10.3. The molecule has 0 fully saturated rings. The molecule has 8 nitrogen and oxygen atoms in total. The number of allylic oxidation sites excluding steroid dienone is 1. The average molecular weight is 480 g/mol. The minimum atomic E-state index is -3.60. The normalized spacial score (nSPS) is 13.1. The van der Waals surface area contributed by atoms with Crippen molar-refractivity contribution < 1.29 is 21.6 Å². The van der Waals surface area contributed by atoms with Crippen LogP contribution in [0, 0.1) is 0 Å². The zero-order chi connectivity index (χ0) is 23.0. The van der Waals surface area contributed by atoms with E-state index in [2.05, 4.69) is 11.6 Å². The second-order valence-corrected chi connectivity index (χ2v) is 12.1. The topological polar surface area (TPSA) is 106 Å². The van der Waals surface area contributed by atoms with Gasteiger partial charge in [-0.2, -0.15) is 4.99 Å². The van der Waals surface area contributed by atoms with E-state index in [1.54, 1.807) is 22.8 Å². The third kappa shape index (κ3) is 4.69. The van der Waals surface area contributed by atoms with E-state index in [9.17, 15) is 21.6 Å². The van der Waals surface area contributed by atoms with Gasteiger partial charge in [0, 0.05) is 32.5 Å². The van der Waals surface area contributed by atoms with Gasteiger partial charge < -0.3 is 4.57 Å². The van der Waals surface area contributed by atoms with Crippen LogP contribution in [0.4, 0.5) is 0 Å². The Morgan fingerprint density at radius 1 is 1.10 bits per heavy atom. The Morgan fingerprint density at radius 2 is 1.71 bits per heavy atom. The molecule has 0 bridgehead atoms. The Labute approximate surface area is 184 Å². The zero-order valence-corrected chi connectivity index (χ0v) is 19.6. The van der Waals surface area contributed by atoms with Gasteiger partial charge in [0.25, 0.3) is 5.91 Å². The highest BCUT2D eigenvalue weighted by molar-refractivity contribution is 7.90. The molecule has 0 aliphatic rings. The van der Waals surface area contributed by atoms with Crippen LogP contribution in [0.15, 0.2) is 69.9 Å². The number of rotatable bonds is 6. The lowest BCUT2D eigenvalue weighted by Crippen LogP contribution is -2.22. The fourth-order valence-corrected chi connectivity index (χ4v) is 5.51. The van der Waals surface area contributed by atoms with Gasteiger partial charge in [0.05, 0.1) is 20.0 Å². The van der Waals surface area contributed by atoms with Gasteiger partial charge in [0.1, 0.15) is 0 Å². The maximum absolute atomic E-state index is 12.7. The number of sulfone groups is 1. The van der Waals surface area contributed by atoms with Gasteiger partial charge >= 0.3 is 0 Å². The molecule has 1 aromatic heterocycles. The Hall–Kier alpha value is -2.60. The molecule has 0 saturated heterocycles. The number of hydrogen-bond donors (Lipinski definition) is 0. The average Bonchev–Trinajstić information content (AvgIpc) is 3.04. The van der Waals surface area contributed by atoms with E-state index in [4.69, 9.17) is 0 Å². The smallest absolute Gasteiger partial charge is 0.279 e. The first-order valence-corrected chi connectivity index (χ1v) is 13.2. The van der Waals surface area contributed by atoms with Crippen molar-refractivity contribution >= 4 is 47.3 Å². The Kier molecular flexibility index (Phi) is 6.33. The summed E-state index contributed by atoms with van der Waals surface area (Å²) in [5.74, 6) is -0.540. The highest BCUT2D eigenvalue weighted by atomic mass is 32.2. The Morgan fingerprint density at radius 3 is 2.26 bits per heavy atom. The van der Waals surface area contributed by atoms with Crippen LogP contribution in [0.1, 0.15) is 10.4 Å². The molecule has 1 heterocycles. The van der Waals surface area contributed by atoms with Crippen molar-refractivity contribution in [3.8, 4) is 0 Å². The highest BCUT2D eigenvalue weighted by Gasteiger charge is 2.18. The first kappa shape index (κ1) is 23.1. The van der Waals surface area contributed by atoms with Crippen LogP contribution in [0.25, 0.3) is 10.2 Å². The number of carbonyl (C=O) groups excluding carboxylic acids is 1. The van der Waals surface area contributed by atoms with Crippen LogP contribution in [-0.4, -0.2) is 52.0 Å². The minimum Gasteiger partial charge on any atom is -0.312 e. The maximum atomic E-state index is 12.7. The summed E-state index contributed by atoms with van der Waals surface area (Å²) in [7, 11) is -4.11. The van der Waals surface area contributed by atoms with Crippen LogP contribution in [0.2, 0.25) is 0 Å². The third-order valence-corrected chi connectivity index (χ3v) is 8.45. The molecule has 0 unspecified atom stereocenters. The van der Waals surface area contributed by atoms with Crippen molar-refractivity contribution in [1.82, 2.24) is 8.87 Å². The predicted octanol–water partition coefficient (Wildman–Crippen LogP) is 2.28. The molecule has 0 N–H and O–H groups in total. The van der Waals surface area contributed by atoms with E-state index in [1.165, 1.54) is 55.8 Å². The van der Waals surface area contributed by atoms with Crippen molar-refractivity contribution in [2.75, 3.05) is 20.4 Å². The SMILES string of the molecule is C=CCn1c(=NC(=O)c2ccc(S(=O)(=O)N(C)C)cc2)sc2cc(S(C)(=O)=O)ccc21. The molecular formula is C20H21N3O5S3. The van der Waals surface area contributed by atoms with Gasteiger partial charge in [-0.15, -0.1) is 6.58 Å². The first-order valence-electron chi connectivity index (χ1n) is 9.01. The molecule has 0 saturated carbocycles. The number of sulfonamides is 1. The Bertz CT molecular complexity index is 1450. The molecule has 2 aromatic carbocycles. The second kappa shape index (κ2) is 8.50. The van der Waals surface area contributed by atoms with Crippen LogP contribution in [0.5, 0.6) is 0 Å². The number of carbonyl (C=O) groups is 1. The van der Waals surface area contributed by atoms with E-state index < -0.39 is 25.8 Å². The van der Waals surface area contributed by atoms with Crippen molar-refractivity contribution in [1.29, 1.82) is 0 Å². The van der Waals surface area contributed by atoms with Gasteiger partial charge in [0.15, 0.2) is 14.6 Å². The number of aromatic nitrogens is 1.